The second-order valence-corrected chi connectivity index (χ2v) is 3.32. The Hall–Kier alpha value is -0.980. The van der Waals surface area contributed by atoms with E-state index in [4.69, 9.17) is 14.4 Å². The van der Waals surface area contributed by atoms with Gasteiger partial charge < -0.3 is 19.5 Å². The number of ether oxygens (including phenoxy) is 1. The van der Waals surface area contributed by atoms with E-state index in [1.54, 1.807) is 6.92 Å². The van der Waals surface area contributed by atoms with E-state index < -0.39 is 12.2 Å². The lowest BCUT2D eigenvalue weighted by Crippen LogP contribution is -2.24. The van der Waals surface area contributed by atoms with Crippen molar-refractivity contribution < 1.29 is 19.5 Å². The average molecular weight is 200 g/mol. The topological polar surface area (TPSA) is 88.6 Å². The second kappa shape index (κ2) is 3.64. The van der Waals surface area contributed by atoms with E-state index in [2.05, 4.69) is 10.1 Å². The Morgan fingerprint density at radius 1 is 1.57 bits per heavy atom. The third kappa shape index (κ3) is 1.63. The van der Waals surface area contributed by atoms with Gasteiger partial charge in [0.15, 0.2) is 0 Å². The van der Waals surface area contributed by atoms with Gasteiger partial charge in [-0.15, -0.1) is 0 Å². The fourth-order valence-electron chi connectivity index (χ4n) is 1.51. The van der Waals surface area contributed by atoms with Crippen LogP contribution in [0.25, 0.3) is 0 Å². The van der Waals surface area contributed by atoms with E-state index in [-0.39, 0.29) is 12.7 Å². The molecule has 1 aromatic rings. The van der Waals surface area contributed by atoms with Gasteiger partial charge in [0.2, 0.25) is 11.7 Å². The minimum atomic E-state index is -0.663. The van der Waals surface area contributed by atoms with Gasteiger partial charge in [-0.2, -0.15) is 4.98 Å². The van der Waals surface area contributed by atoms with Gasteiger partial charge in [-0.3, -0.25) is 0 Å². The number of aryl methyl sites for hydroxylation is 1. The molecular formula is C8H12N2O4. The van der Waals surface area contributed by atoms with Gasteiger partial charge in [0.25, 0.3) is 0 Å². The van der Waals surface area contributed by atoms with Crippen LogP contribution < -0.4 is 0 Å². The van der Waals surface area contributed by atoms with Gasteiger partial charge in [-0.1, -0.05) is 5.16 Å². The molecule has 3 atom stereocenters. The quantitative estimate of drug-likeness (QED) is 0.672. The third-order valence-electron chi connectivity index (χ3n) is 2.23. The van der Waals surface area contributed by atoms with Gasteiger partial charge >= 0.3 is 0 Å². The summed E-state index contributed by atoms with van der Waals surface area (Å²) in [6.45, 7) is 1.49. The maximum Gasteiger partial charge on any atom is 0.223 e. The average Bonchev–Trinajstić information content (AvgIpc) is 2.71. The highest BCUT2D eigenvalue weighted by molar-refractivity contribution is 4.96. The first-order valence-electron chi connectivity index (χ1n) is 4.45. The van der Waals surface area contributed by atoms with Crippen LogP contribution in [0.4, 0.5) is 0 Å². The lowest BCUT2D eigenvalue weighted by atomic mass is 10.1. The fraction of sp³-hybridized carbons (Fsp3) is 0.750. The van der Waals surface area contributed by atoms with Crippen LogP contribution in [0.15, 0.2) is 4.52 Å². The van der Waals surface area contributed by atoms with E-state index in [0.29, 0.717) is 18.1 Å². The van der Waals surface area contributed by atoms with Gasteiger partial charge in [0.05, 0.1) is 12.7 Å². The molecule has 0 unspecified atom stereocenters. The number of hydrogen-bond acceptors (Lipinski definition) is 6. The molecule has 0 saturated carbocycles. The summed E-state index contributed by atoms with van der Waals surface area (Å²) in [6.07, 6.45) is -1.19. The van der Waals surface area contributed by atoms with Crippen molar-refractivity contribution in [1.29, 1.82) is 0 Å². The normalized spacial score (nSPS) is 32.4. The van der Waals surface area contributed by atoms with Crippen molar-refractivity contribution >= 4 is 0 Å². The number of rotatable bonds is 2. The predicted octanol–water partition coefficient (Wildman–Crippen LogP) is -0.439. The summed E-state index contributed by atoms with van der Waals surface area (Å²) in [5, 5.41) is 22.0. The smallest absolute Gasteiger partial charge is 0.223 e. The first-order chi connectivity index (χ1) is 6.70. The zero-order valence-corrected chi connectivity index (χ0v) is 7.75. The molecule has 0 spiro atoms. The van der Waals surface area contributed by atoms with Crippen LogP contribution in [-0.2, 0) is 4.74 Å². The molecule has 1 aliphatic heterocycles. The van der Waals surface area contributed by atoms with Crippen LogP contribution >= 0.6 is 0 Å². The molecule has 2 heterocycles. The lowest BCUT2D eigenvalue weighted by molar-refractivity contribution is -0.0251. The van der Waals surface area contributed by atoms with Gasteiger partial charge in [0, 0.05) is 13.3 Å². The van der Waals surface area contributed by atoms with Gasteiger partial charge in [-0.25, -0.2) is 0 Å². The summed E-state index contributed by atoms with van der Waals surface area (Å²) in [5.74, 6) is 0.892. The Kier molecular flexibility index (Phi) is 2.49. The number of hydrogen-bond donors (Lipinski definition) is 2. The molecule has 2 rings (SSSR count). The maximum atomic E-state index is 9.46. The van der Waals surface area contributed by atoms with Crippen molar-refractivity contribution in [2.75, 3.05) is 6.61 Å². The summed E-state index contributed by atoms with van der Waals surface area (Å²) in [7, 11) is 0. The van der Waals surface area contributed by atoms with Crippen LogP contribution in [0.3, 0.4) is 0 Å². The van der Waals surface area contributed by atoms with Crippen molar-refractivity contribution in [2.45, 2.75) is 31.7 Å². The van der Waals surface area contributed by atoms with E-state index in [0.717, 1.165) is 0 Å². The monoisotopic (exact) mass is 200 g/mol. The molecule has 1 saturated heterocycles. The first kappa shape index (κ1) is 9.57. The summed E-state index contributed by atoms with van der Waals surface area (Å²) in [5.41, 5.74) is 0. The highest BCUT2D eigenvalue weighted by atomic mass is 16.5. The van der Waals surface area contributed by atoms with Crippen LogP contribution in [0.1, 0.15) is 24.2 Å². The summed E-state index contributed by atoms with van der Waals surface area (Å²) >= 11 is 0. The van der Waals surface area contributed by atoms with Crippen molar-refractivity contribution in [3.8, 4) is 0 Å². The first-order valence-corrected chi connectivity index (χ1v) is 4.45. The molecule has 1 aromatic heterocycles. The SMILES string of the molecule is Cc1nc([C@@H]2C[C@H](O)[C@@H](CO)O2)no1. The molecule has 1 fully saturated rings. The molecule has 6 nitrogen and oxygen atoms in total. The molecule has 78 valence electrons. The van der Waals surface area contributed by atoms with Crippen molar-refractivity contribution in [3.05, 3.63) is 11.7 Å². The van der Waals surface area contributed by atoms with Crippen molar-refractivity contribution in [1.82, 2.24) is 10.1 Å². The van der Waals surface area contributed by atoms with E-state index in [9.17, 15) is 5.11 Å². The Morgan fingerprint density at radius 2 is 2.36 bits per heavy atom. The molecule has 1 aliphatic rings. The number of aliphatic hydroxyl groups excluding tert-OH is 2. The number of nitrogens with zero attached hydrogens (tertiary/aromatic N) is 2. The van der Waals surface area contributed by atoms with E-state index in [1.165, 1.54) is 0 Å². The minimum absolute atomic E-state index is 0.200. The molecule has 0 radical (unpaired) electrons. The second-order valence-electron chi connectivity index (χ2n) is 3.32. The molecular weight excluding hydrogens is 188 g/mol. The van der Waals surface area contributed by atoms with Crippen LogP contribution in [0, 0.1) is 6.92 Å². The third-order valence-corrected chi connectivity index (χ3v) is 2.23. The summed E-state index contributed by atoms with van der Waals surface area (Å²) < 4.78 is 10.1. The zero-order chi connectivity index (χ0) is 10.1. The van der Waals surface area contributed by atoms with Crippen LogP contribution in [0.2, 0.25) is 0 Å². The molecule has 0 amide bonds. The number of aromatic nitrogens is 2. The van der Waals surface area contributed by atoms with Gasteiger partial charge in [-0.05, 0) is 0 Å². The summed E-state index contributed by atoms with van der Waals surface area (Å²) in [4.78, 5) is 4.00. The standard InChI is InChI=1S/C8H12N2O4/c1-4-9-8(10-14-4)6-2-5(12)7(3-11)13-6/h5-7,11-12H,2-3H2,1H3/t5-,6-,7+/m0/s1. The van der Waals surface area contributed by atoms with Crippen molar-refractivity contribution in [3.63, 3.8) is 0 Å². The molecule has 0 aliphatic carbocycles. The van der Waals surface area contributed by atoms with Gasteiger partial charge in [0.1, 0.15) is 12.2 Å². The Morgan fingerprint density at radius 3 is 2.86 bits per heavy atom. The van der Waals surface area contributed by atoms with Crippen molar-refractivity contribution in [2.24, 2.45) is 0 Å². The molecule has 14 heavy (non-hydrogen) atoms. The zero-order valence-electron chi connectivity index (χ0n) is 7.75. The minimum Gasteiger partial charge on any atom is -0.394 e. The Balaban J connectivity index is 2.08. The number of aliphatic hydroxyl groups is 2. The molecule has 2 N–H and O–H groups in total. The largest absolute Gasteiger partial charge is 0.394 e. The highest BCUT2D eigenvalue weighted by Crippen LogP contribution is 2.30. The Labute approximate surface area is 80.5 Å². The van der Waals surface area contributed by atoms with Crippen LogP contribution in [0.5, 0.6) is 0 Å². The lowest BCUT2D eigenvalue weighted by Gasteiger charge is -2.09. The maximum absolute atomic E-state index is 9.46. The predicted molar refractivity (Wildman–Crippen MR) is 44.4 cm³/mol. The van der Waals surface area contributed by atoms with E-state index >= 15 is 0 Å². The Bertz CT molecular complexity index is 314. The molecule has 0 bridgehead atoms. The van der Waals surface area contributed by atoms with Crippen LogP contribution in [-0.4, -0.2) is 39.2 Å². The van der Waals surface area contributed by atoms with E-state index in [1.807, 2.05) is 0 Å². The molecule has 6 heteroatoms. The summed E-state index contributed by atoms with van der Waals surface area (Å²) in [6, 6.07) is 0. The highest BCUT2D eigenvalue weighted by Gasteiger charge is 2.36. The fourth-order valence-corrected chi connectivity index (χ4v) is 1.51. The molecule has 0 aromatic carbocycles.